The first-order chi connectivity index (χ1) is 8.06. The highest BCUT2D eigenvalue weighted by Gasteiger charge is 2.14. The third-order valence-corrected chi connectivity index (χ3v) is 2.09. The molecule has 0 saturated heterocycles. The van der Waals surface area contributed by atoms with Crippen molar-refractivity contribution < 1.29 is 9.90 Å². The Hall–Kier alpha value is -1.63. The quantitative estimate of drug-likeness (QED) is 0.783. The van der Waals surface area contributed by atoms with Crippen LogP contribution in [-0.4, -0.2) is 45.7 Å². The molecule has 17 heavy (non-hydrogen) atoms. The van der Waals surface area contributed by atoms with Crippen LogP contribution in [0.3, 0.4) is 0 Å². The van der Waals surface area contributed by atoms with Gasteiger partial charge in [0.15, 0.2) is 0 Å². The zero-order valence-corrected chi connectivity index (χ0v) is 10.4. The third-order valence-electron chi connectivity index (χ3n) is 1.92. The van der Waals surface area contributed by atoms with Crippen LogP contribution in [0.15, 0.2) is 0 Å². The fraction of sp³-hybridized carbons (Fsp3) is 0.556. The number of nitrogens with zero attached hydrogens (tertiary/aromatic N) is 4. The maximum absolute atomic E-state index is 10.7. The van der Waals surface area contributed by atoms with Gasteiger partial charge < -0.3 is 15.3 Å². The van der Waals surface area contributed by atoms with Gasteiger partial charge in [0.2, 0.25) is 17.2 Å². The summed E-state index contributed by atoms with van der Waals surface area (Å²) in [5.41, 5.74) is 0. The Kier molecular flexibility index (Phi) is 4.89. The molecule has 0 atom stereocenters. The molecule has 0 aliphatic carbocycles. The van der Waals surface area contributed by atoms with E-state index in [0.717, 1.165) is 0 Å². The number of carboxylic acids is 1. The molecule has 1 aromatic heterocycles. The van der Waals surface area contributed by atoms with Crippen molar-refractivity contribution in [2.45, 2.75) is 13.8 Å². The lowest BCUT2D eigenvalue weighted by Crippen LogP contribution is -2.31. The summed E-state index contributed by atoms with van der Waals surface area (Å²) in [6.07, 6.45) is 0. The average Bonchev–Trinajstić information content (AvgIpc) is 2.25. The van der Waals surface area contributed by atoms with E-state index in [2.05, 4.69) is 20.3 Å². The van der Waals surface area contributed by atoms with Crippen molar-refractivity contribution in [1.82, 2.24) is 15.0 Å². The lowest BCUT2D eigenvalue weighted by molar-refractivity contribution is -0.135. The van der Waals surface area contributed by atoms with Crippen LogP contribution >= 0.6 is 11.6 Å². The number of carboxylic acid groups (broad SMARTS) is 1. The Balaban J connectivity index is 2.97. The van der Waals surface area contributed by atoms with Crippen LogP contribution in [0.4, 0.5) is 11.9 Å². The lowest BCUT2D eigenvalue weighted by atomic mass is 10.5. The highest BCUT2D eigenvalue weighted by atomic mass is 35.5. The molecule has 1 aromatic rings. The second-order valence-electron chi connectivity index (χ2n) is 3.17. The van der Waals surface area contributed by atoms with Crippen LogP contribution in [0, 0.1) is 0 Å². The van der Waals surface area contributed by atoms with Crippen LogP contribution < -0.4 is 10.2 Å². The molecular weight excluding hydrogens is 246 g/mol. The fourth-order valence-corrected chi connectivity index (χ4v) is 1.36. The van der Waals surface area contributed by atoms with Crippen molar-refractivity contribution in [3.63, 3.8) is 0 Å². The Morgan fingerprint density at radius 2 is 2.12 bits per heavy atom. The minimum absolute atomic E-state index is 0.0368. The van der Waals surface area contributed by atoms with Gasteiger partial charge in [0.05, 0.1) is 0 Å². The van der Waals surface area contributed by atoms with Gasteiger partial charge in [-0.1, -0.05) is 0 Å². The highest BCUT2D eigenvalue weighted by molar-refractivity contribution is 6.28. The minimum atomic E-state index is -0.951. The molecule has 94 valence electrons. The average molecular weight is 260 g/mol. The summed E-state index contributed by atoms with van der Waals surface area (Å²) in [4.78, 5) is 24.0. The van der Waals surface area contributed by atoms with E-state index in [4.69, 9.17) is 16.7 Å². The van der Waals surface area contributed by atoms with Crippen LogP contribution in [0.1, 0.15) is 13.8 Å². The number of rotatable bonds is 6. The van der Waals surface area contributed by atoms with Crippen LogP contribution in [0.2, 0.25) is 5.28 Å². The maximum atomic E-state index is 10.7. The Labute approximate surface area is 104 Å². The summed E-state index contributed by atoms with van der Waals surface area (Å²) in [7, 11) is 0. The van der Waals surface area contributed by atoms with Crippen molar-refractivity contribution in [3.8, 4) is 0 Å². The summed E-state index contributed by atoms with van der Waals surface area (Å²) < 4.78 is 0. The molecule has 1 rings (SSSR count). The van der Waals surface area contributed by atoms with Gasteiger partial charge in [-0.3, -0.25) is 4.79 Å². The number of likely N-dealkylation sites (N-methyl/N-ethyl adjacent to an activating group) is 1. The molecule has 0 aliphatic rings. The molecule has 0 amide bonds. The summed E-state index contributed by atoms with van der Waals surface area (Å²) in [6, 6.07) is 0. The van der Waals surface area contributed by atoms with Gasteiger partial charge in [0.25, 0.3) is 0 Å². The molecule has 0 fully saturated rings. The van der Waals surface area contributed by atoms with E-state index in [1.165, 1.54) is 4.90 Å². The summed E-state index contributed by atoms with van der Waals surface area (Å²) in [6.45, 7) is 4.64. The standard InChI is InChI=1S/C9H14ClN5O2/c1-3-11-8-12-7(10)13-9(14-8)15(4-2)5-6(16)17/h3-5H2,1-2H3,(H,16,17)(H,11,12,13,14). The normalized spacial score (nSPS) is 10.1. The number of hydrogen-bond donors (Lipinski definition) is 2. The topological polar surface area (TPSA) is 91.2 Å². The molecule has 0 saturated carbocycles. The predicted octanol–water partition coefficient (Wildman–Crippen LogP) is 0.868. The van der Waals surface area contributed by atoms with E-state index in [1.807, 2.05) is 13.8 Å². The summed E-state index contributed by atoms with van der Waals surface area (Å²) in [5, 5.41) is 11.7. The van der Waals surface area contributed by atoms with Crippen molar-refractivity contribution in [1.29, 1.82) is 0 Å². The van der Waals surface area contributed by atoms with E-state index in [0.29, 0.717) is 19.0 Å². The number of carbonyl (C=O) groups is 1. The number of anilines is 2. The van der Waals surface area contributed by atoms with Crippen LogP contribution in [-0.2, 0) is 4.79 Å². The largest absolute Gasteiger partial charge is 0.480 e. The van der Waals surface area contributed by atoms with Gasteiger partial charge in [-0.05, 0) is 25.4 Å². The Morgan fingerprint density at radius 3 is 2.65 bits per heavy atom. The fourth-order valence-electron chi connectivity index (χ4n) is 1.21. The van der Waals surface area contributed by atoms with Gasteiger partial charge in [0.1, 0.15) is 6.54 Å². The second kappa shape index (κ2) is 6.19. The highest BCUT2D eigenvalue weighted by Crippen LogP contribution is 2.13. The van der Waals surface area contributed by atoms with Crippen molar-refractivity contribution in [3.05, 3.63) is 5.28 Å². The van der Waals surface area contributed by atoms with Gasteiger partial charge >= 0.3 is 5.97 Å². The lowest BCUT2D eigenvalue weighted by Gasteiger charge is -2.18. The number of aliphatic carboxylic acids is 1. The minimum Gasteiger partial charge on any atom is -0.480 e. The van der Waals surface area contributed by atoms with E-state index in [-0.39, 0.29) is 17.8 Å². The first-order valence-electron chi connectivity index (χ1n) is 5.19. The molecule has 0 spiro atoms. The maximum Gasteiger partial charge on any atom is 0.323 e. The summed E-state index contributed by atoms with van der Waals surface area (Å²) >= 11 is 5.75. The molecule has 0 aromatic carbocycles. The monoisotopic (exact) mass is 259 g/mol. The van der Waals surface area contributed by atoms with Crippen molar-refractivity contribution in [2.75, 3.05) is 29.9 Å². The zero-order valence-electron chi connectivity index (χ0n) is 9.64. The van der Waals surface area contributed by atoms with E-state index in [1.54, 1.807) is 0 Å². The Bertz CT molecular complexity index is 401. The van der Waals surface area contributed by atoms with Gasteiger partial charge in [0, 0.05) is 13.1 Å². The van der Waals surface area contributed by atoms with Crippen LogP contribution in [0.5, 0.6) is 0 Å². The molecule has 0 bridgehead atoms. The van der Waals surface area contributed by atoms with Gasteiger partial charge in [-0.2, -0.15) is 15.0 Å². The SMILES string of the molecule is CCNc1nc(Cl)nc(N(CC)CC(=O)O)n1. The molecule has 2 N–H and O–H groups in total. The molecule has 7 nitrogen and oxygen atoms in total. The summed E-state index contributed by atoms with van der Waals surface area (Å²) in [5.74, 6) is -0.356. The Morgan fingerprint density at radius 1 is 1.41 bits per heavy atom. The van der Waals surface area contributed by atoms with Crippen LogP contribution in [0.25, 0.3) is 0 Å². The smallest absolute Gasteiger partial charge is 0.323 e. The van der Waals surface area contributed by atoms with E-state index < -0.39 is 5.97 Å². The first kappa shape index (κ1) is 13.4. The molecule has 0 unspecified atom stereocenters. The molecule has 0 radical (unpaired) electrons. The second-order valence-corrected chi connectivity index (χ2v) is 3.50. The molecule has 0 aliphatic heterocycles. The van der Waals surface area contributed by atoms with E-state index in [9.17, 15) is 4.79 Å². The predicted molar refractivity (Wildman–Crippen MR) is 64.5 cm³/mol. The van der Waals surface area contributed by atoms with Gasteiger partial charge in [-0.25, -0.2) is 0 Å². The van der Waals surface area contributed by atoms with E-state index >= 15 is 0 Å². The van der Waals surface area contributed by atoms with Crippen molar-refractivity contribution >= 4 is 29.5 Å². The first-order valence-corrected chi connectivity index (χ1v) is 5.56. The molecule has 8 heteroatoms. The zero-order chi connectivity index (χ0) is 12.8. The van der Waals surface area contributed by atoms with Crippen molar-refractivity contribution in [2.24, 2.45) is 0 Å². The third kappa shape index (κ3) is 4.03. The molecule has 1 heterocycles. The number of halogens is 1. The molecular formula is C9H14ClN5O2. The number of nitrogens with one attached hydrogen (secondary N) is 1. The number of aromatic nitrogens is 3. The van der Waals surface area contributed by atoms with Gasteiger partial charge in [-0.15, -0.1) is 0 Å². The number of hydrogen-bond acceptors (Lipinski definition) is 6.